The highest BCUT2D eigenvalue weighted by atomic mass is 16.4. The summed E-state index contributed by atoms with van der Waals surface area (Å²) in [5, 5.41) is 19.1. The number of nitrogens with zero attached hydrogens (tertiary/aromatic N) is 4. The first-order chi connectivity index (χ1) is 10.1. The number of amides is 1. The van der Waals surface area contributed by atoms with Gasteiger partial charge in [-0.1, -0.05) is 5.21 Å². The molecule has 2 N–H and O–H groups in total. The molecule has 0 radical (unpaired) electrons. The monoisotopic (exact) mass is 295 g/mol. The standard InChI is InChI=1S/C13H21N5O3/c1-10(12(19)17-6-3-2-4-7-17)14-5-8-18-9-11(13(20)21)15-16-18/h9-10,14H,2-8H2,1H3,(H,20,21). The van der Waals surface area contributed by atoms with Gasteiger partial charge in [0.2, 0.25) is 5.91 Å². The third kappa shape index (κ3) is 4.25. The van der Waals surface area contributed by atoms with Crippen LogP contribution in [-0.4, -0.2) is 62.6 Å². The Morgan fingerprint density at radius 1 is 1.38 bits per heavy atom. The van der Waals surface area contributed by atoms with Crippen LogP contribution in [0.15, 0.2) is 6.20 Å². The van der Waals surface area contributed by atoms with Gasteiger partial charge in [0, 0.05) is 19.6 Å². The predicted octanol–water partition coefficient (Wildman–Crippen LogP) is -0.0331. The summed E-state index contributed by atoms with van der Waals surface area (Å²) in [6.45, 7) is 4.54. The molecule has 1 amide bonds. The van der Waals surface area contributed by atoms with Gasteiger partial charge < -0.3 is 15.3 Å². The van der Waals surface area contributed by atoms with E-state index >= 15 is 0 Å². The zero-order chi connectivity index (χ0) is 15.2. The number of rotatable bonds is 6. The average molecular weight is 295 g/mol. The van der Waals surface area contributed by atoms with E-state index in [0.717, 1.165) is 25.9 Å². The van der Waals surface area contributed by atoms with Gasteiger partial charge in [-0.05, 0) is 26.2 Å². The summed E-state index contributed by atoms with van der Waals surface area (Å²) in [6.07, 6.45) is 4.73. The van der Waals surface area contributed by atoms with E-state index in [9.17, 15) is 9.59 Å². The van der Waals surface area contributed by atoms with Crippen LogP contribution >= 0.6 is 0 Å². The largest absolute Gasteiger partial charge is 0.476 e. The van der Waals surface area contributed by atoms with Crippen LogP contribution in [0.3, 0.4) is 0 Å². The number of aromatic carboxylic acids is 1. The van der Waals surface area contributed by atoms with Crippen LogP contribution in [0.1, 0.15) is 36.7 Å². The minimum absolute atomic E-state index is 0.0764. The lowest BCUT2D eigenvalue weighted by molar-refractivity contribution is -0.133. The van der Waals surface area contributed by atoms with Crippen molar-refractivity contribution >= 4 is 11.9 Å². The molecule has 0 aromatic carbocycles. The van der Waals surface area contributed by atoms with Gasteiger partial charge in [-0.3, -0.25) is 9.48 Å². The molecule has 0 bridgehead atoms. The van der Waals surface area contributed by atoms with Crippen molar-refractivity contribution in [2.75, 3.05) is 19.6 Å². The van der Waals surface area contributed by atoms with Crippen LogP contribution in [-0.2, 0) is 11.3 Å². The Morgan fingerprint density at radius 2 is 2.10 bits per heavy atom. The number of likely N-dealkylation sites (tertiary alicyclic amines) is 1. The molecule has 1 aromatic rings. The molecule has 21 heavy (non-hydrogen) atoms. The summed E-state index contributed by atoms with van der Waals surface area (Å²) in [4.78, 5) is 24.8. The van der Waals surface area contributed by atoms with E-state index in [-0.39, 0.29) is 17.6 Å². The number of hydrogen-bond donors (Lipinski definition) is 2. The first-order valence-electron chi connectivity index (χ1n) is 7.23. The average Bonchev–Trinajstić information content (AvgIpc) is 2.96. The molecule has 0 aliphatic carbocycles. The normalized spacial score (nSPS) is 16.7. The van der Waals surface area contributed by atoms with Crippen LogP contribution in [0.2, 0.25) is 0 Å². The number of carbonyl (C=O) groups excluding carboxylic acids is 1. The van der Waals surface area contributed by atoms with Gasteiger partial charge in [-0.15, -0.1) is 5.10 Å². The Morgan fingerprint density at radius 3 is 2.71 bits per heavy atom. The Hall–Kier alpha value is -1.96. The highest BCUT2D eigenvalue weighted by Crippen LogP contribution is 2.09. The van der Waals surface area contributed by atoms with Crippen molar-refractivity contribution in [3.63, 3.8) is 0 Å². The highest BCUT2D eigenvalue weighted by Gasteiger charge is 2.21. The van der Waals surface area contributed by atoms with Gasteiger partial charge in [0.25, 0.3) is 0 Å². The molecule has 0 spiro atoms. The minimum atomic E-state index is -1.09. The maximum Gasteiger partial charge on any atom is 0.358 e. The summed E-state index contributed by atoms with van der Waals surface area (Å²) in [5.74, 6) is -0.970. The van der Waals surface area contributed by atoms with E-state index < -0.39 is 5.97 Å². The van der Waals surface area contributed by atoms with Gasteiger partial charge >= 0.3 is 5.97 Å². The Kier molecular flexibility index (Phi) is 5.26. The van der Waals surface area contributed by atoms with Gasteiger partial charge in [-0.2, -0.15) is 0 Å². The van der Waals surface area contributed by atoms with E-state index in [0.29, 0.717) is 13.1 Å². The maximum atomic E-state index is 12.2. The number of nitrogens with one attached hydrogen (secondary N) is 1. The molecule has 1 fully saturated rings. The Balaban J connectivity index is 1.74. The number of hydrogen-bond acceptors (Lipinski definition) is 5. The molecule has 1 atom stereocenters. The number of aromatic nitrogens is 3. The van der Waals surface area contributed by atoms with Gasteiger partial charge in [-0.25, -0.2) is 4.79 Å². The summed E-state index contributed by atoms with van der Waals surface area (Å²) >= 11 is 0. The van der Waals surface area contributed by atoms with Crippen molar-refractivity contribution in [3.8, 4) is 0 Å². The molecule has 2 rings (SSSR count). The molecule has 1 aliphatic rings. The smallest absolute Gasteiger partial charge is 0.358 e. The lowest BCUT2D eigenvalue weighted by Crippen LogP contribution is -2.47. The number of carboxylic acids is 1. The Bertz CT molecular complexity index is 496. The second kappa shape index (κ2) is 7.16. The Labute approximate surface area is 123 Å². The van der Waals surface area contributed by atoms with Crippen LogP contribution in [0.5, 0.6) is 0 Å². The number of piperidine rings is 1. The third-order valence-corrected chi connectivity index (χ3v) is 3.59. The van der Waals surface area contributed by atoms with E-state index in [1.807, 2.05) is 11.8 Å². The second-order valence-corrected chi connectivity index (χ2v) is 5.23. The SMILES string of the molecule is CC(NCCn1cc(C(=O)O)nn1)C(=O)N1CCCCC1. The molecular formula is C13H21N5O3. The lowest BCUT2D eigenvalue weighted by Gasteiger charge is -2.29. The van der Waals surface area contributed by atoms with Crippen molar-refractivity contribution in [3.05, 3.63) is 11.9 Å². The fourth-order valence-corrected chi connectivity index (χ4v) is 2.38. The summed E-state index contributed by atoms with van der Waals surface area (Å²) < 4.78 is 1.45. The van der Waals surface area contributed by atoms with Crippen molar-refractivity contribution in [2.45, 2.75) is 38.8 Å². The number of carboxylic acid groups (broad SMARTS) is 1. The van der Waals surface area contributed by atoms with E-state index in [1.165, 1.54) is 17.3 Å². The van der Waals surface area contributed by atoms with Crippen LogP contribution < -0.4 is 5.32 Å². The topological polar surface area (TPSA) is 100 Å². The van der Waals surface area contributed by atoms with E-state index in [1.54, 1.807) is 0 Å². The van der Waals surface area contributed by atoms with Crippen LogP contribution in [0.4, 0.5) is 0 Å². The van der Waals surface area contributed by atoms with Gasteiger partial charge in [0.15, 0.2) is 5.69 Å². The molecule has 1 unspecified atom stereocenters. The fourth-order valence-electron chi connectivity index (χ4n) is 2.38. The molecule has 116 valence electrons. The fraction of sp³-hybridized carbons (Fsp3) is 0.692. The summed E-state index contributed by atoms with van der Waals surface area (Å²) in [6, 6.07) is -0.245. The molecule has 0 saturated carbocycles. The summed E-state index contributed by atoms with van der Waals surface area (Å²) in [5.41, 5.74) is -0.0764. The van der Waals surface area contributed by atoms with Crippen molar-refractivity contribution < 1.29 is 14.7 Å². The molecule has 1 saturated heterocycles. The zero-order valence-corrected chi connectivity index (χ0v) is 12.2. The van der Waals surface area contributed by atoms with Crippen molar-refractivity contribution in [1.82, 2.24) is 25.2 Å². The first kappa shape index (κ1) is 15.4. The van der Waals surface area contributed by atoms with E-state index in [2.05, 4.69) is 15.6 Å². The lowest BCUT2D eigenvalue weighted by atomic mass is 10.1. The van der Waals surface area contributed by atoms with E-state index in [4.69, 9.17) is 5.11 Å². The summed E-state index contributed by atoms with van der Waals surface area (Å²) in [7, 11) is 0. The van der Waals surface area contributed by atoms with Crippen LogP contribution in [0.25, 0.3) is 0 Å². The molecular weight excluding hydrogens is 274 g/mol. The number of carbonyl (C=O) groups is 2. The molecule has 1 aliphatic heterocycles. The van der Waals surface area contributed by atoms with Crippen molar-refractivity contribution in [1.29, 1.82) is 0 Å². The molecule has 8 heteroatoms. The third-order valence-electron chi connectivity index (χ3n) is 3.59. The van der Waals surface area contributed by atoms with Crippen molar-refractivity contribution in [2.24, 2.45) is 0 Å². The minimum Gasteiger partial charge on any atom is -0.476 e. The second-order valence-electron chi connectivity index (χ2n) is 5.23. The first-order valence-corrected chi connectivity index (χ1v) is 7.23. The molecule has 2 heterocycles. The zero-order valence-electron chi connectivity index (χ0n) is 12.2. The molecule has 1 aromatic heterocycles. The quantitative estimate of drug-likeness (QED) is 0.764. The molecule has 8 nitrogen and oxygen atoms in total. The van der Waals surface area contributed by atoms with Crippen LogP contribution in [0, 0.1) is 0 Å². The van der Waals surface area contributed by atoms with Gasteiger partial charge in [0.05, 0.1) is 18.8 Å². The maximum absolute atomic E-state index is 12.2. The predicted molar refractivity (Wildman–Crippen MR) is 74.9 cm³/mol. The highest BCUT2D eigenvalue weighted by molar-refractivity contribution is 5.84. The van der Waals surface area contributed by atoms with Gasteiger partial charge in [0.1, 0.15) is 0 Å².